The van der Waals surface area contributed by atoms with Crippen molar-refractivity contribution in [2.45, 2.75) is 32.7 Å². The second-order valence-electron chi connectivity index (χ2n) is 7.05. The number of nitrogens with zero attached hydrogens (tertiary/aromatic N) is 3. The van der Waals surface area contributed by atoms with Crippen molar-refractivity contribution < 1.29 is 4.79 Å². The Bertz CT molecular complexity index is 941. The van der Waals surface area contributed by atoms with Gasteiger partial charge in [0.1, 0.15) is 5.82 Å². The molecule has 0 aliphatic carbocycles. The van der Waals surface area contributed by atoms with Crippen LogP contribution >= 0.6 is 0 Å². The minimum atomic E-state index is -0.0722. The van der Waals surface area contributed by atoms with E-state index in [-0.39, 0.29) is 11.9 Å². The van der Waals surface area contributed by atoms with Gasteiger partial charge in [-0.1, -0.05) is 30.3 Å². The van der Waals surface area contributed by atoms with Crippen molar-refractivity contribution in [3.8, 4) is 0 Å². The molecule has 6 heteroatoms. The summed E-state index contributed by atoms with van der Waals surface area (Å²) >= 11 is 0. The molecule has 28 heavy (non-hydrogen) atoms. The van der Waals surface area contributed by atoms with E-state index in [1.54, 1.807) is 17.2 Å². The van der Waals surface area contributed by atoms with E-state index < -0.39 is 0 Å². The second kappa shape index (κ2) is 9.28. The molecule has 0 unspecified atom stereocenters. The van der Waals surface area contributed by atoms with Gasteiger partial charge in [0, 0.05) is 24.3 Å². The number of benzene rings is 2. The summed E-state index contributed by atoms with van der Waals surface area (Å²) in [5.41, 5.74) is 6.28. The van der Waals surface area contributed by atoms with Crippen LogP contribution in [-0.4, -0.2) is 35.0 Å². The van der Waals surface area contributed by atoms with E-state index in [0.717, 1.165) is 23.6 Å². The highest BCUT2D eigenvalue weighted by Gasteiger charge is 2.19. The Morgan fingerprint density at radius 2 is 1.89 bits per heavy atom. The number of aromatic nitrogens is 2. The Kier molecular flexibility index (Phi) is 6.55. The number of anilines is 2. The van der Waals surface area contributed by atoms with Crippen LogP contribution in [0.25, 0.3) is 10.8 Å². The number of nitrogens with two attached hydrogens (primary N) is 1. The summed E-state index contributed by atoms with van der Waals surface area (Å²) in [5, 5.41) is 5.34. The van der Waals surface area contributed by atoms with Gasteiger partial charge in [-0.05, 0) is 62.2 Å². The van der Waals surface area contributed by atoms with Crippen molar-refractivity contribution in [1.29, 1.82) is 0 Å². The molecule has 0 bridgehead atoms. The summed E-state index contributed by atoms with van der Waals surface area (Å²) in [4.78, 5) is 23.8. The topological polar surface area (TPSA) is 84.1 Å². The van der Waals surface area contributed by atoms with E-state index in [2.05, 4.69) is 15.3 Å². The van der Waals surface area contributed by atoms with Crippen molar-refractivity contribution in [1.82, 2.24) is 9.97 Å². The highest BCUT2D eigenvalue weighted by molar-refractivity contribution is 6.07. The van der Waals surface area contributed by atoms with Gasteiger partial charge in [0.05, 0.1) is 0 Å². The second-order valence-corrected chi connectivity index (χ2v) is 7.05. The molecule has 0 radical (unpaired) electrons. The monoisotopic (exact) mass is 377 g/mol. The Morgan fingerprint density at radius 1 is 1.11 bits per heavy atom. The minimum absolute atomic E-state index is 0.0722. The van der Waals surface area contributed by atoms with E-state index >= 15 is 0 Å². The third kappa shape index (κ3) is 4.84. The highest BCUT2D eigenvalue weighted by atomic mass is 16.2. The molecule has 1 heterocycles. The molecule has 146 valence electrons. The van der Waals surface area contributed by atoms with E-state index in [1.807, 2.05) is 56.3 Å². The number of hydrogen-bond acceptors (Lipinski definition) is 5. The summed E-state index contributed by atoms with van der Waals surface area (Å²) in [5.74, 6) is 1.04. The fraction of sp³-hybridized carbons (Fsp3) is 0.318. The number of unbranched alkanes of at least 4 members (excludes halogenated alkanes) is 1. The molecule has 2 aromatic carbocycles. The molecule has 0 saturated carbocycles. The largest absolute Gasteiger partial charge is 0.352 e. The lowest BCUT2D eigenvalue weighted by Crippen LogP contribution is -2.33. The molecule has 0 fully saturated rings. The maximum Gasteiger partial charge on any atom is 0.259 e. The van der Waals surface area contributed by atoms with Crippen LogP contribution in [0, 0.1) is 0 Å². The Balaban J connectivity index is 1.92. The first-order valence-electron chi connectivity index (χ1n) is 9.69. The first-order chi connectivity index (χ1) is 13.6. The average Bonchev–Trinajstić information content (AvgIpc) is 2.70. The Morgan fingerprint density at radius 3 is 2.64 bits per heavy atom. The van der Waals surface area contributed by atoms with E-state index in [9.17, 15) is 4.79 Å². The molecule has 0 saturated heterocycles. The van der Waals surface area contributed by atoms with Gasteiger partial charge < -0.3 is 11.1 Å². The standard InChI is InChI=1S/C22H27N5O/c1-16(2)25-22-24-13-11-20(26-22)27(14-6-5-12-23)21(28)19-10-9-17-7-3-4-8-18(17)15-19/h3-4,7-11,13,15-16H,5-6,12,14,23H2,1-2H3,(H,24,25,26). The molecule has 1 amide bonds. The van der Waals surface area contributed by atoms with Crippen LogP contribution in [0.5, 0.6) is 0 Å². The first kappa shape index (κ1) is 19.8. The van der Waals surface area contributed by atoms with Crippen LogP contribution in [0.15, 0.2) is 54.7 Å². The molecule has 3 rings (SSSR count). The molecule has 3 N–H and O–H groups in total. The number of rotatable bonds is 8. The zero-order valence-corrected chi connectivity index (χ0v) is 16.4. The number of amides is 1. The molecular weight excluding hydrogens is 350 g/mol. The number of nitrogens with one attached hydrogen (secondary N) is 1. The predicted octanol–water partition coefficient (Wildman–Crippen LogP) is 3.84. The summed E-state index contributed by atoms with van der Waals surface area (Å²) in [6, 6.07) is 15.8. The predicted molar refractivity (Wildman–Crippen MR) is 115 cm³/mol. The smallest absolute Gasteiger partial charge is 0.259 e. The van der Waals surface area contributed by atoms with E-state index in [0.29, 0.717) is 30.4 Å². The summed E-state index contributed by atoms with van der Waals surface area (Å²) < 4.78 is 0. The Hall–Kier alpha value is -2.99. The number of hydrogen-bond donors (Lipinski definition) is 2. The quantitative estimate of drug-likeness (QED) is 0.583. The van der Waals surface area contributed by atoms with Crippen LogP contribution in [0.4, 0.5) is 11.8 Å². The van der Waals surface area contributed by atoms with Gasteiger partial charge in [-0.25, -0.2) is 4.98 Å². The molecule has 6 nitrogen and oxygen atoms in total. The zero-order chi connectivity index (χ0) is 19.9. The van der Waals surface area contributed by atoms with Gasteiger partial charge in [-0.15, -0.1) is 0 Å². The number of carbonyl (C=O) groups excluding carboxylic acids is 1. The van der Waals surface area contributed by atoms with Crippen LogP contribution < -0.4 is 16.0 Å². The molecular formula is C22H27N5O. The summed E-state index contributed by atoms with van der Waals surface area (Å²) in [6.45, 7) is 5.20. The summed E-state index contributed by atoms with van der Waals surface area (Å²) in [6.07, 6.45) is 3.34. The van der Waals surface area contributed by atoms with Crippen molar-refractivity contribution in [2.75, 3.05) is 23.3 Å². The van der Waals surface area contributed by atoms with Gasteiger partial charge >= 0.3 is 0 Å². The van der Waals surface area contributed by atoms with E-state index in [1.165, 1.54) is 0 Å². The van der Waals surface area contributed by atoms with Gasteiger partial charge in [-0.3, -0.25) is 9.69 Å². The van der Waals surface area contributed by atoms with E-state index in [4.69, 9.17) is 5.73 Å². The number of carbonyl (C=O) groups is 1. The van der Waals surface area contributed by atoms with Crippen LogP contribution in [-0.2, 0) is 0 Å². The fourth-order valence-electron chi connectivity index (χ4n) is 3.04. The molecule has 0 aliphatic rings. The van der Waals surface area contributed by atoms with Gasteiger partial charge in [-0.2, -0.15) is 4.98 Å². The van der Waals surface area contributed by atoms with Gasteiger partial charge in [0.2, 0.25) is 5.95 Å². The van der Waals surface area contributed by atoms with Crippen LogP contribution in [0.3, 0.4) is 0 Å². The molecule has 0 atom stereocenters. The maximum absolute atomic E-state index is 13.3. The van der Waals surface area contributed by atoms with Crippen molar-refractivity contribution in [3.05, 3.63) is 60.3 Å². The molecule has 0 spiro atoms. The lowest BCUT2D eigenvalue weighted by molar-refractivity contribution is 0.0986. The summed E-state index contributed by atoms with van der Waals surface area (Å²) in [7, 11) is 0. The highest BCUT2D eigenvalue weighted by Crippen LogP contribution is 2.21. The normalized spacial score (nSPS) is 11.0. The molecule has 3 aromatic rings. The first-order valence-corrected chi connectivity index (χ1v) is 9.69. The minimum Gasteiger partial charge on any atom is -0.352 e. The maximum atomic E-state index is 13.3. The SMILES string of the molecule is CC(C)Nc1nccc(N(CCCCN)C(=O)c2ccc3ccccc3c2)n1. The lowest BCUT2D eigenvalue weighted by Gasteiger charge is -2.22. The van der Waals surface area contributed by atoms with Crippen LogP contribution in [0.2, 0.25) is 0 Å². The Labute approximate surface area is 165 Å². The molecule has 0 aliphatic heterocycles. The van der Waals surface area contributed by atoms with Crippen molar-refractivity contribution in [2.24, 2.45) is 5.73 Å². The third-order valence-corrected chi connectivity index (χ3v) is 4.41. The average molecular weight is 377 g/mol. The van der Waals surface area contributed by atoms with Gasteiger partial charge in [0.25, 0.3) is 5.91 Å². The number of fused-ring (bicyclic) bond motifs is 1. The molecule has 1 aromatic heterocycles. The third-order valence-electron chi connectivity index (χ3n) is 4.41. The van der Waals surface area contributed by atoms with Crippen molar-refractivity contribution in [3.63, 3.8) is 0 Å². The fourth-order valence-corrected chi connectivity index (χ4v) is 3.04. The zero-order valence-electron chi connectivity index (χ0n) is 16.4. The lowest BCUT2D eigenvalue weighted by atomic mass is 10.1. The van der Waals surface area contributed by atoms with Crippen LogP contribution in [0.1, 0.15) is 37.0 Å². The van der Waals surface area contributed by atoms with Crippen molar-refractivity contribution >= 4 is 28.4 Å². The van der Waals surface area contributed by atoms with Gasteiger partial charge in [0.15, 0.2) is 0 Å².